The van der Waals surface area contributed by atoms with Crippen molar-refractivity contribution in [3.8, 4) is 0 Å². The van der Waals surface area contributed by atoms with Crippen LogP contribution in [0.2, 0.25) is 0 Å². The highest BCUT2D eigenvalue weighted by atomic mass is 16.3. The minimum absolute atomic E-state index is 0.327. The van der Waals surface area contributed by atoms with Crippen LogP contribution in [0.1, 0.15) is 66.7 Å². The van der Waals surface area contributed by atoms with Crippen LogP contribution in [0.15, 0.2) is 46.6 Å². The van der Waals surface area contributed by atoms with Crippen molar-refractivity contribution in [2.45, 2.75) is 72.8 Å². The molecule has 0 saturated heterocycles. The lowest BCUT2D eigenvalue weighted by atomic mass is 9.94. The Morgan fingerprint density at radius 2 is 1.67 bits per heavy atom. The molecule has 0 spiro atoms. The van der Waals surface area contributed by atoms with E-state index in [9.17, 15) is 5.11 Å². The molecule has 0 aromatic carbocycles. The summed E-state index contributed by atoms with van der Waals surface area (Å²) in [7, 11) is 0. The molecule has 1 aliphatic carbocycles. The highest BCUT2D eigenvalue weighted by Gasteiger charge is 2.07. The van der Waals surface area contributed by atoms with Gasteiger partial charge < -0.3 is 5.11 Å². The first kappa shape index (κ1) is 18.0. The lowest BCUT2D eigenvalue weighted by Gasteiger charge is -2.13. The zero-order valence-electron chi connectivity index (χ0n) is 14.4. The van der Waals surface area contributed by atoms with Crippen molar-refractivity contribution in [1.29, 1.82) is 0 Å². The largest absolute Gasteiger partial charge is 0.388 e. The molecule has 0 radical (unpaired) electrons. The fraction of sp³-hybridized carbons (Fsp3) is 0.600. The molecule has 1 atom stereocenters. The maximum absolute atomic E-state index is 10.2. The molecule has 1 unspecified atom stereocenters. The van der Waals surface area contributed by atoms with Crippen LogP contribution in [0, 0.1) is 5.92 Å². The molecule has 0 aliphatic heterocycles. The molecule has 118 valence electrons. The first-order chi connectivity index (χ1) is 9.90. The summed E-state index contributed by atoms with van der Waals surface area (Å²) in [5, 5.41) is 10.2. The van der Waals surface area contributed by atoms with Crippen LogP contribution in [-0.4, -0.2) is 11.2 Å². The van der Waals surface area contributed by atoms with Crippen molar-refractivity contribution in [2.75, 3.05) is 0 Å². The predicted octanol–water partition coefficient (Wildman–Crippen LogP) is 5.73. The van der Waals surface area contributed by atoms with E-state index in [1.807, 2.05) is 6.92 Å². The first-order valence-corrected chi connectivity index (χ1v) is 8.26. The SMILES string of the molecule is C/C1=C/C=C(/C(C)C)CC/C(C)=C/CC(O)/C(C)=C/CC1. The molecule has 1 rings (SSSR count). The van der Waals surface area contributed by atoms with Gasteiger partial charge in [-0.15, -0.1) is 0 Å². The summed E-state index contributed by atoms with van der Waals surface area (Å²) in [6.07, 6.45) is 13.7. The minimum Gasteiger partial charge on any atom is -0.388 e. The summed E-state index contributed by atoms with van der Waals surface area (Å²) in [6, 6.07) is 0. The highest BCUT2D eigenvalue weighted by molar-refractivity contribution is 5.20. The first-order valence-electron chi connectivity index (χ1n) is 8.26. The third kappa shape index (κ3) is 6.95. The van der Waals surface area contributed by atoms with E-state index in [2.05, 4.69) is 52.0 Å². The Hall–Kier alpha value is -1.08. The van der Waals surface area contributed by atoms with E-state index in [1.165, 1.54) is 16.7 Å². The van der Waals surface area contributed by atoms with Crippen molar-refractivity contribution in [1.82, 2.24) is 0 Å². The molecule has 0 bridgehead atoms. The molecule has 1 aliphatic rings. The number of rotatable bonds is 1. The van der Waals surface area contributed by atoms with E-state index in [0.29, 0.717) is 5.92 Å². The van der Waals surface area contributed by atoms with Gasteiger partial charge in [0.05, 0.1) is 6.10 Å². The average Bonchev–Trinajstić information content (AvgIpc) is 2.43. The van der Waals surface area contributed by atoms with Crippen LogP contribution in [0.25, 0.3) is 0 Å². The Morgan fingerprint density at radius 1 is 0.952 bits per heavy atom. The summed E-state index contributed by atoms with van der Waals surface area (Å²) in [5.74, 6) is 0.600. The maximum atomic E-state index is 10.2. The van der Waals surface area contributed by atoms with Crippen molar-refractivity contribution in [2.24, 2.45) is 5.92 Å². The van der Waals surface area contributed by atoms with Gasteiger partial charge in [0.1, 0.15) is 0 Å². The Kier molecular flexibility index (Phi) is 7.74. The van der Waals surface area contributed by atoms with Gasteiger partial charge in [-0.3, -0.25) is 0 Å². The number of aliphatic hydroxyl groups excluding tert-OH is 1. The molecule has 0 amide bonds. The van der Waals surface area contributed by atoms with Gasteiger partial charge in [0.2, 0.25) is 0 Å². The summed E-state index contributed by atoms with van der Waals surface area (Å²) in [4.78, 5) is 0. The molecular weight excluding hydrogens is 256 g/mol. The summed E-state index contributed by atoms with van der Waals surface area (Å²) >= 11 is 0. The van der Waals surface area contributed by atoms with Crippen LogP contribution >= 0.6 is 0 Å². The lowest BCUT2D eigenvalue weighted by Crippen LogP contribution is -2.07. The van der Waals surface area contributed by atoms with Gasteiger partial charge in [0, 0.05) is 0 Å². The molecule has 21 heavy (non-hydrogen) atoms. The normalized spacial score (nSPS) is 32.8. The molecule has 0 fully saturated rings. The fourth-order valence-electron chi connectivity index (χ4n) is 2.50. The highest BCUT2D eigenvalue weighted by Crippen LogP contribution is 2.21. The molecule has 0 saturated carbocycles. The van der Waals surface area contributed by atoms with Crippen LogP contribution in [0.4, 0.5) is 0 Å². The molecule has 1 heteroatoms. The molecule has 0 heterocycles. The van der Waals surface area contributed by atoms with E-state index in [1.54, 1.807) is 0 Å². The van der Waals surface area contributed by atoms with Crippen LogP contribution in [0.5, 0.6) is 0 Å². The van der Waals surface area contributed by atoms with Crippen LogP contribution in [0.3, 0.4) is 0 Å². The molecule has 0 aromatic rings. The third-order valence-electron chi connectivity index (χ3n) is 4.35. The number of hydrogen-bond donors (Lipinski definition) is 1. The van der Waals surface area contributed by atoms with E-state index in [-0.39, 0.29) is 6.10 Å². The Morgan fingerprint density at radius 3 is 2.33 bits per heavy atom. The second-order valence-corrected chi connectivity index (χ2v) is 6.70. The van der Waals surface area contributed by atoms with Crippen molar-refractivity contribution in [3.05, 3.63) is 46.6 Å². The van der Waals surface area contributed by atoms with Crippen molar-refractivity contribution >= 4 is 0 Å². The fourth-order valence-corrected chi connectivity index (χ4v) is 2.50. The van der Waals surface area contributed by atoms with Gasteiger partial charge in [-0.05, 0) is 64.4 Å². The van der Waals surface area contributed by atoms with E-state index < -0.39 is 0 Å². The Bertz CT molecular complexity index is 446. The average molecular weight is 288 g/mol. The van der Waals surface area contributed by atoms with Crippen molar-refractivity contribution in [3.63, 3.8) is 0 Å². The topological polar surface area (TPSA) is 20.2 Å². The minimum atomic E-state index is -0.327. The summed E-state index contributed by atoms with van der Waals surface area (Å²) < 4.78 is 0. The van der Waals surface area contributed by atoms with Crippen LogP contribution in [-0.2, 0) is 0 Å². The van der Waals surface area contributed by atoms with Gasteiger partial charge in [-0.25, -0.2) is 0 Å². The number of aliphatic hydroxyl groups is 1. The quantitative estimate of drug-likeness (QED) is 0.611. The zero-order chi connectivity index (χ0) is 15.8. The molecule has 1 N–H and O–H groups in total. The Balaban J connectivity index is 2.95. The Labute approximate surface area is 131 Å². The maximum Gasteiger partial charge on any atom is 0.0781 e. The molecular formula is C20H32O. The summed E-state index contributed by atoms with van der Waals surface area (Å²) in [6.45, 7) is 11.0. The molecule has 1 nitrogen and oxygen atoms in total. The number of hydrogen-bond acceptors (Lipinski definition) is 1. The standard InChI is InChI=1S/C20H32O/c1-15(2)19-12-9-16(3)7-6-8-18(5)20(21)14-11-17(4)10-13-19/h8-9,11-12,15,20-21H,6-7,10,13-14H2,1-5H3/b16-9-,17-11+,18-8+,19-12+. The van der Waals surface area contributed by atoms with Gasteiger partial charge in [0.25, 0.3) is 0 Å². The summed E-state index contributed by atoms with van der Waals surface area (Å²) in [5.41, 5.74) is 5.41. The van der Waals surface area contributed by atoms with E-state index >= 15 is 0 Å². The van der Waals surface area contributed by atoms with Gasteiger partial charge in [0.15, 0.2) is 0 Å². The monoisotopic (exact) mass is 288 g/mol. The van der Waals surface area contributed by atoms with E-state index in [4.69, 9.17) is 0 Å². The smallest absolute Gasteiger partial charge is 0.0781 e. The second kappa shape index (κ2) is 9.04. The predicted molar refractivity (Wildman–Crippen MR) is 93.3 cm³/mol. The lowest BCUT2D eigenvalue weighted by molar-refractivity contribution is 0.213. The zero-order valence-corrected chi connectivity index (χ0v) is 14.4. The van der Waals surface area contributed by atoms with Crippen molar-refractivity contribution < 1.29 is 5.11 Å². The third-order valence-corrected chi connectivity index (χ3v) is 4.35. The molecule has 0 aromatic heterocycles. The van der Waals surface area contributed by atoms with Gasteiger partial charge in [-0.2, -0.15) is 0 Å². The van der Waals surface area contributed by atoms with Gasteiger partial charge in [-0.1, -0.05) is 54.9 Å². The second-order valence-electron chi connectivity index (χ2n) is 6.70. The van der Waals surface area contributed by atoms with Crippen LogP contribution < -0.4 is 0 Å². The number of allylic oxidation sites excluding steroid dienone is 6. The van der Waals surface area contributed by atoms with Gasteiger partial charge >= 0.3 is 0 Å². The van der Waals surface area contributed by atoms with E-state index in [0.717, 1.165) is 37.7 Å².